The Kier molecular flexibility index (Phi) is 3.64. The monoisotopic (exact) mass is 255 g/mol. The molecule has 0 saturated heterocycles. The lowest BCUT2D eigenvalue weighted by atomic mass is 10.2. The van der Waals surface area contributed by atoms with Gasteiger partial charge in [0.05, 0.1) is 12.8 Å². The highest BCUT2D eigenvalue weighted by Gasteiger charge is 2.39. The average Bonchev–Trinajstić information content (AvgIpc) is 2.15. The van der Waals surface area contributed by atoms with E-state index in [1.165, 1.54) is 6.92 Å². The molecule has 0 aliphatic carbocycles. The summed E-state index contributed by atoms with van der Waals surface area (Å²) in [6, 6.07) is 0. The smallest absolute Gasteiger partial charge is 0.436 e. The second kappa shape index (κ2) is 4.64. The van der Waals surface area contributed by atoms with E-state index in [1.807, 2.05) is 0 Å². The second-order valence-electron chi connectivity index (χ2n) is 2.86. The summed E-state index contributed by atoms with van der Waals surface area (Å²) in [7, 11) is 0. The van der Waals surface area contributed by atoms with Gasteiger partial charge in [0.2, 0.25) is 0 Å². The summed E-state index contributed by atoms with van der Waals surface area (Å²) < 4.78 is 67.2. The lowest BCUT2D eigenvalue weighted by Crippen LogP contribution is -2.18. The number of nitrogens with zero attached hydrogens (tertiary/aromatic N) is 1. The van der Waals surface area contributed by atoms with Gasteiger partial charge in [0.15, 0.2) is 17.3 Å². The predicted molar refractivity (Wildman–Crippen MR) is 45.1 cm³/mol. The summed E-state index contributed by atoms with van der Waals surface area (Å²) in [6.07, 6.45) is -4.99. The first-order valence-corrected chi connectivity index (χ1v) is 4.37. The van der Waals surface area contributed by atoms with Crippen LogP contribution in [-0.2, 0) is 10.9 Å². The summed E-state index contributed by atoms with van der Waals surface area (Å²) in [5.41, 5.74) is -3.35. The molecule has 0 N–H and O–H groups in total. The molecule has 0 radical (unpaired) electrons. The van der Waals surface area contributed by atoms with Crippen LogP contribution in [0.3, 0.4) is 0 Å². The molecule has 1 heterocycles. The highest BCUT2D eigenvalue weighted by molar-refractivity contribution is 5.90. The molecule has 0 atom stereocenters. The SMILES string of the molecule is CCOC(=O)c1c(F)cnc(C(F)(F)F)c1F. The molecule has 0 amide bonds. The van der Waals surface area contributed by atoms with Crippen LogP contribution in [0, 0.1) is 11.6 Å². The first-order chi connectivity index (χ1) is 7.79. The number of hydrogen-bond acceptors (Lipinski definition) is 3. The molecular formula is C9H6F5NO2. The summed E-state index contributed by atoms with van der Waals surface area (Å²) >= 11 is 0. The van der Waals surface area contributed by atoms with E-state index in [4.69, 9.17) is 0 Å². The number of hydrogen-bond donors (Lipinski definition) is 0. The van der Waals surface area contributed by atoms with Crippen molar-refractivity contribution in [2.75, 3.05) is 6.61 Å². The minimum atomic E-state index is -5.11. The van der Waals surface area contributed by atoms with Gasteiger partial charge >= 0.3 is 12.1 Å². The molecule has 0 spiro atoms. The molecule has 3 nitrogen and oxygen atoms in total. The van der Waals surface area contributed by atoms with Gasteiger partial charge in [-0.2, -0.15) is 13.2 Å². The van der Waals surface area contributed by atoms with E-state index >= 15 is 0 Å². The molecule has 0 aromatic carbocycles. The highest BCUT2D eigenvalue weighted by Crippen LogP contribution is 2.31. The van der Waals surface area contributed by atoms with E-state index in [1.54, 1.807) is 0 Å². The number of carbonyl (C=O) groups excluding carboxylic acids is 1. The van der Waals surface area contributed by atoms with Crippen molar-refractivity contribution in [1.29, 1.82) is 0 Å². The largest absolute Gasteiger partial charge is 0.462 e. The zero-order chi connectivity index (χ0) is 13.2. The van der Waals surface area contributed by atoms with Crippen LogP contribution in [0.15, 0.2) is 6.20 Å². The highest BCUT2D eigenvalue weighted by atomic mass is 19.4. The van der Waals surface area contributed by atoms with Crippen LogP contribution in [0.5, 0.6) is 0 Å². The quantitative estimate of drug-likeness (QED) is 0.602. The third kappa shape index (κ3) is 2.69. The number of carbonyl (C=O) groups is 1. The molecule has 0 saturated carbocycles. The minimum Gasteiger partial charge on any atom is -0.462 e. The Morgan fingerprint density at radius 3 is 2.47 bits per heavy atom. The van der Waals surface area contributed by atoms with E-state index in [2.05, 4.69) is 9.72 Å². The number of halogens is 5. The standard InChI is InChI=1S/C9H6F5NO2/c1-2-17-8(16)5-4(10)3-15-7(6(5)11)9(12,13)14/h3H,2H2,1H3. The number of alkyl halides is 3. The molecular weight excluding hydrogens is 249 g/mol. The van der Waals surface area contributed by atoms with Gasteiger partial charge < -0.3 is 4.74 Å². The Balaban J connectivity index is 3.35. The van der Waals surface area contributed by atoms with E-state index in [0.29, 0.717) is 0 Å². The summed E-state index contributed by atoms with van der Waals surface area (Å²) in [5, 5.41) is 0. The minimum absolute atomic E-state index is 0.123. The maximum absolute atomic E-state index is 13.3. The van der Waals surface area contributed by atoms with Gasteiger partial charge in [-0.1, -0.05) is 0 Å². The number of rotatable bonds is 2. The second-order valence-corrected chi connectivity index (χ2v) is 2.86. The van der Waals surface area contributed by atoms with Gasteiger partial charge in [-0.25, -0.2) is 18.6 Å². The maximum atomic E-state index is 13.3. The fraction of sp³-hybridized carbons (Fsp3) is 0.333. The molecule has 1 aromatic heterocycles. The topological polar surface area (TPSA) is 39.2 Å². The van der Waals surface area contributed by atoms with Crippen molar-refractivity contribution < 1.29 is 31.5 Å². The maximum Gasteiger partial charge on any atom is 0.436 e. The Morgan fingerprint density at radius 1 is 1.41 bits per heavy atom. The molecule has 17 heavy (non-hydrogen) atoms. The molecule has 1 rings (SSSR count). The average molecular weight is 255 g/mol. The predicted octanol–water partition coefficient (Wildman–Crippen LogP) is 2.56. The molecule has 1 aromatic rings. The Bertz CT molecular complexity index is 444. The van der Waals surface area contributed by atoms with Gasteiger partial charge in [0.1, 0.15) is 5.56 Å². The number of pyridine rings is 1. The molecule has 0 bridgehead atoms. The van der Waals surface area contributed by atoms with E-state index < -0.39 is 35.0 Å². The lowest BCUT2D eigenvalue weighted by molar-refractivity contribution is -0.143. The van der Waals surface area contributed by atoms with E-state index in [0.717, 1.165) is 0 Å². The molecule has 0 aliphatic rings. The van der Waals surface area contributed by atoms with Crippen molar-refractivity contribution in [2.24, 2.45) is 0 Å². The van der Waals surface area contributed by atoms with Crippen molar-refractivity contribution in [1.82, 2.24) is 4.98 Å². The number of aromatic nitrogens is 1. The fourth-order valence-corrected chi connectivity index (χ4v) is 1.05. The normalized spacial score (nSPS) is 11.4. The van der Waals surface area contributed by atoms with Crippen molar-refractivity contribution in [3.05, 3.63) is 29.1 Å². The van der Waals surface area contributed by atoms with Crippen molar-refractivity contribution in [2.45, 2.75) is 13.1 Å². The molecule has 94 valence electrons. The Labute approximate surface area is 92.2 Å². The zero-order valence-electron chi connectivity index (χ0n) is 8.44. The van der Waals surface area contributed by atoms with E-state index in [-0.39, 0.29) is 12.8 Å². The van der Waals surface area contributed by atoms with Crippen molar-refractivity contribution in [3.8, 4) is 0 Å². The first kappa shape index (κ1) is 13.3. The van der Waals surface area contributed by atoms with Crippen LogP contribution in [0.1, 0.15) is 23.0 Å². The molecule has 8 heteroatoms. The third-order valence-corrected chi connectivity index (χ3v) is 1.72. The summed E-state index contributed by atoms with van der Waals surface area (Å²) in [6.45, 7) is 1.13. The number of ether oxygens (including phenoxy) is 1. The van der Waals surface area contributed by atoms with Gasteiger partial charge in [-0.3, -0.25) is 0 Å². The van der Waals surface area contributed by atoms with Crippen LogP contribution in [0.25, 0.3) is 0 Å². The fourth-order valence-electron chi connectivity index (χ4n) is 1.05. The molecule has 0 unspecified atom stereocenters. The van der Waals surface area contributed by atoms with Crippen LogP contribution in [-0.4, -0.2) is 17.6 Å². The molecule has 0 aliphatic heterocycles. The van der Waals surface area contributed by atoms with Crippen LogP contribution >= 0.6 is 0 Å². The van der Waals surface area contributed by atoms with Gasteiger partial charge in [0.25, 0.3) is 0 Å². The van der Waals surface area contributed by atoms with E-state index in [9.17, 15) is 26.7 Å². The number of esters is 1. The third-order valence-electron chi connectivity index (χ3n) is 1.72. The molecule has 0 fully saturated rings. The summed E-state index contributed by atoms with van der Waals surface area (Å²) in [4.78, 5) is 13.6. The van der Waals surface area contributed by atoms with Crippen LogP contribution < -0.4 is 0 Å². The zero-order valence-corrected chi connectivity index (χ0v) is 8.44. The lowest BCUT2D eigenvalue weighted by Gasteiger charge is -2.10. The van der Waals surface area contributed by atoms with Crippen molar-refractivity contribution >= 4 is 5.97 Å². The summed E-state index contributed by atoms with van der Waals surface area (Å²) in [5.74, 6) is -5.08. The van der Waals surface area contributed by atoms with Crippen LogP contribution in [0.2, 0.25) is 0 Å². The van der Waals surface area contributed by atoms with Crippen molar-refractivity contribution in [3.63, 3.8) is 0 Å². The Hall–Kier alpha value is -1.73. The van der Waals surface area contributed by atoms with Gasteiger partial charge in [0, 0.05) is 0 Å². The van der Waals surface area contributed by atoms with Gasteiger partial charge in [-0.05, 0) is 6.92 Å². The Morgan fingerprint density at radius 2 is 2.00 bits per heavy atom. The van der Waals surface area contributed by atoms with Crippen LogP contribution in [0.4, 0.5) is 22.0 Å². The first-order valence-electron chi connectivity index (χ1n) is 4.37. The van der Waals surface area contributed by atoms with Gasteiger partial charge in [-0.15, -0.1) is 0 Å².